The van der Waals surface area contributed by atoms with E-state index < -0.39 is 0 Å². The first-order valence-electron chi connectivity index (χ1n) is 8.04. The van der Waals surface area contributed by atoms with Crippen molar-refractivity contribution in [2.24, 2.45) is 0 Å². The number of nitrogens with zero attached hydrogens (tertiary/aromatic N) is 1. The maximum Gasteiger partial charge on any atom is 0.0419 e. The molecule has 0 aliphatic carbocycles. The molecule has 0 unspecified atom stereocenters. The van der Waals surface area contributed by atoms with Crippen molar-refractivity contribution < 1.29 is 0 Å². The fourth-order valence-electron chi connectivity index (χ4n) is 3.69. The van der Waals surface area contributed by atoms with Gasteiger partial charge in [-0.05, 0) is 48.1 Å². The lowest BCUT2D eigenvalue weighted by molar-refractivity contribution is 0.261. The molecule has 2 aromatic carbocycles. The van der Waals surface area contributed by atoms with Gasteiger partial charge in [0.05, 0.1) is 0 Å². The summed E-state index contributed by atoms with van der Waals surface area (Å²) in [6.07, 6.45) is 3.66. The van der Waals surface area contributed by atoms with Crippen LogP contribution in [0.2, 0.25) is 0 Å². The summed E-state index contributed by atoms with van der Waals surface area (Å²) in [6, 6.07) is 15.7. The molecule has 108 valence electrons. The summed E-state index contributed by atoms with van der Waals surface area (Å²) in [5, 5.41) is 3.57. The van der Waals surface area contributed by atoms with Crippen molar-refractivity contribution in [1.82, 2.24) is 4.90 Å². The van der Waals surface area contributed by atoms with Crippen LogP contribution in [0.5, 0.6) is 0 Å². The monoisotopic (exact) mass is 278 g/mol. The van der Waals surface area contributed by atoms with Crippen LogP contribution in [0.4, 0.5) is 5.69 Å². The average molecular weight is 278 g/mol. The molecule has 2 aromatic rings. The number of para-hydroxylation sites is 1. The Bertz CT molecular complexity index is 648. The van der Waals surface area contributed by atoms with Crippen LogP contribution in [0.15, 0.2) is 42.5 Å². The fraction of sp³-hybridized carbons (Fsp3) is 0.368. The molecule has 0 spiro atoms. The molecular formula is C19H22N2. The maximum absolute atomic E-state index is 3.57. The molecule has 0 atom stereocenters. The summed E-state index contributed by atoms with van der Waals surface area (Å²) in [5.74, 6) is 0. The number of rotatable bonds is 2. The molecule has 0 saturated carbocycles. The van der Waals surface area contributed by atoms with Crippen LogP contribution >= 0.6 is 0 Å². The Morgan fingerprint density at radius 1 is 0.905 bits per heavy atom. The Balaban J connectivity index is 1.57. The average Bonchev–Trinajstić information content (AvgIpc) is 2.89. The third-order valence-electron chi connectivity index (χ3n) is 4.76. The van der Waals surface area contributed by atoms with Crippen molar-refractivity contribution in [2.75, 3.05) is 18.4 Å². The van der Waals surface area contributed by atoms with Gasteiger partial charge >= 0.3 is 0 Å². The van der Waals surface area contributed by atoms with E-state index in [1.54, 1.807) is 0 Å². The van der Waals surface area contributed by atoms with Crippen LogP contribution in [-0.2, 0) is 25.9 Å². The number of benzene rings is 2. The third-order valence-corrected chi connectivity index (χ3v) is 4.76. The number of anilines is 1. The van der Waals surface area contributed by atoms with Crippen LogP contribution in [0.25, 0.3) is 0 Å². The standard InChI is InChI=1S/C19H22N2/c1-2-6-17-13-21(12-4-9-15(17)5-1)14-18-8-3-7-16-10-11-20-19(16)18/h1-3,5-8,20H,4,9-14H2. The van der Waals surface area contributed by atoms with Crippen molar-refractivity contribution in [3.8, 4) is 0 Å². The summed E-state index contributed by atoms with van der Waals surface area (Å²) in [6.45, 7) is 4.43. The second-order valence-electron chi connectivity index (χ2n) is 6.21. The van der Waals surface area contributed by atoms with Gasteiger partial charge in [-0.3, -0.25) is 4.90 Å². The molecule has 0 bridgehead atoms. The molecule has 4 rings (SSSR count). The van der Waals surface area contributed by atoms with E-state index in [2.05, 4.69) is 52.7 Å². The van der Waals surface area contributed by atoms with Gasteiger partial charge in [0.1, 0.15) is 0 Å². The molecule has 2 nitrogen and oxygen atoms in total. The van der Waals surface area contributed by atoms with Gasteiger partial charge in [-0.25, -0.2) is 0 Å². The molecule has 0 aromatic heterocycles. The molecule has 21 heavy (non-hydrogen) atoms. The number of fused-ring (bicyclic) bond motifs is 2. The van der Waals surface area contributed by atoms with E-state index in [1.165, 1.54) is 53.7 Å². The molecular weight excluding hydrogens is 256 g/mol. The van der Waals surface area contributed by atoms with E-state index in [0.29, 0.717) is 0 Å². The van der Waals surface area contributed by atoms with E-state index in [0.717, 1.165) is 19.6 Å². The van der Waals surface area contributed by atoms with Crippen molar-refractivity contribution in [1.29, 1.82) is 0 Å². The minimum absolute atomic E-state index is 1.06. The molecule has 2 aliphatic rings. The number of aryl methyl sites for hydroxylation is 1. The molecule has 0 radical (unpaired) electrons. The molecule has 0 amide bonds. The smallest absolute Gasteiger partial charge is 0.0419 e. The summed E-state index contributed by atoms with van der Waals surface area (Å²) >= 11 is 0. The van der Waals surface area contributed by atoms with Gasteiger partial charge in [-0.2, -0.15) is 0 Å². The van der Waals surface area contributed by atoms with Crippen LogP contribution < -0.4 is 5.32 Å². The summed E-state index contributed by atoms with van der Waals surface area (Å²) in [5.41, 5.74) is 7.40. The Kier molecular flexibility index (Phi) is 3.40. The first-order chi connectivity index (χ1) is 10.4. The van der Waals surface area contributed by atoms with Gasteiger partial charge in [-0.1, -0.05) is 42.5 Å². The Hall–Kier alpha value is -1.80. The minimum Gasteiger partial charge on any atom is -0.384 e. The van der Waals surface area contributed by atoms with Gasteiger partial charge in [0.25, 0.3) is 0 Å². The molecule has 2 heteroatoms. The minimum atomic E-state index is 1.06. The highest BCUT2D eigenvalue weighted by atomic mass is 15.1. The number of hydrogen-bond donors (Lipinski definition) is 1. The van der Waals surface area contributed by atoms with Crippen molar-refractivity contribution in [3.05, 3.63) is 64.7 Å². The van der Waals surface area contributed by atoms with Crippen molar-refractivity contribution >= 4 is 5.69 Å². The quantitative estimate of drug-likeness (QED) is 0.903. The van der Waals surface area contributed by atoms with E-state index in [9.17, 15) is 0 Å². The van der Waals surface area contributed by atoms with E-state index in [-0.39, 0.29) is 0 Å². The number of hydrogen-bond acceptors (Lipinski definition) is 2. The molecule has 1 N–H and O–H groups in total. The predicted octanol–water partition coefficient (Wildman–Crippen LogP) is 3.60. The zero-order chi connectivity index (χ0) is 14.1. The SMILES string of the molecule is c1ccc2c(c1)CCCN(Cc1cccc3c1NCC3)C2. The summed E-state index contributed by atoms with van der Waals surface area (Å²) < 4.78 is 0. The maximum atomic E-state index is 3.57. The first kappa shape index (κ1) is 12.9. The molecule has 2 heterocycles. The van der Waals surface area contributed by atoms with Crippen molar-refractivity contribution in [3.63, 3.8) is 0 Å². The Morgan fingerprint density at radius 3 is 2.71 bits per heavy atom. The second kappa shape index (κ2) is 5.53. The molecule has 2 aliphatic heterocycles. The van der Waals surface area contributed by atoms with E-state index in [4.69, 9.17) is 0 Å². The topological polar surface area (TPSA) is 15.3 Å². The van der Waals surface area contributed by atoms with Gasteiger partial charge in [-0.15, -0.1) is 0 Å². The fourth-order valence-corrected chi connectivity index (χ4v) is 3.69. The van der Waals surface area contributed by atoms with Gasteiger partial charge in [0.15, 0.2) is 0 Å². The summed E-state index contributed by atoms with van der Waals surface area (Å²) in [4.78, 5) is 2.60. The zero-order valence-electron chi connectivity index (χ0n) is 12.4. The van der Waals surface area contributed by atoms with Gasteiger partial charge in [0, 0.05) is 25.3 Å². The molecule has 0 fully saturated rings. The van der Waals surface area contributed by atoms with Crippen LogP contribution in [0, 0.1) is 0 Å². The largest absolute Gasteiger partial charge is 0.384 e. The predicted molar refractivity (Wildman–Crippen MR) is 87.5 cm³/mol. The Morgan fingerprint density at radius 2 is 1.76 bits per heavy atom. The second-order valence-corrected chi connectivity index (χ2v) is 6.21. The number of nitrogens with one attached hydrogen (secondary N) is 1. The lowest BCUT2D eigenvalue weighted by atomic mass is 10.0. The summed E-state index contributed by atoms with van der Waals surface area (Å²) in [7, 11) is 0. The van der Waals surface area contributed by atoms with Crippen molar-refractivity contribution in [2.45, 2.75) is 32.4 Å². The highest BCUT2D eigenvalue weighted by Crippen LogP contribution is 2.28. The zero-order valence-corrected chi connectivity index (χ0v) is 12.4. The van der Waals surface area contributed by atoms with Crippen LogP contribution in [0.1, 0.15) is 28.7 Å². The normalized spacial score (nSPS) is 17.7. The first-order valence-corrected chi connectivity index (χ1v) is 8.04. The van der Waals surface area contributed by atoms with Crippen LogP contribution in [-0.4, -0.2) is 18.0 Å². The van der Waals surface area contributed by atoms with Crippen LogP contribution in [0.3, 0.4) is 0 Å². The highest BCUT2D eigenvalue weighted by molar-refractivity contribution is 5.61. The lowest BCUT2D eigenvalue weighted by Crippen LogP contribution is -2.23. The van der Waals surface area contributed by atoms with E-state index in [1.807, 2.05) is 0 Å². The lowest BCUT2D eigenvalue weighted by Gasteiger charge is -2.22. The molecule has 0 saturated heterocycles. The van der Waals surface area contributed by atoms with Gasteiger partial charge < -0.3 is 5.32 Å². The van der Waals surface area contributed by atoms with E-state index >= 15 is 0 Å². The van der Waals surface area contributed by atoms with Gasteiger partial charge in [0.2, 0.25) is 0 Å². The Labute approximate surface area is 126 Å². The highest BCUT2D eigenvalue weighted by Gasteiger charge is 2.18. The third kappa shape index (κ3) is 2.56.